The molecule has 9 heteroatoms. The molecule has 0 radical (unpaired) electrons. The molecule has 0 aliphatic rings. The van der Waals surface area contributed by atoms with Crippen molar-refractivity contribution in [1.82, 2.24) is 15.2 Å². The smallest absolute Gasteiger partial charge is 0.257 e. The lowest BCUT2D eigenvalue weighted by atomic mass is 10.2. The molecule has 0 bridgehead atoms. The number of anilines is 1. The van der Waals surface area contributed by atoms with E-state index < -0.39 is 0 Å². The molecule has 0 atom stereocenters. The first-order valence-electron chi connectivity index (χ1n) is 8.42. The van der Waals surface area contributed by atoms with Crippen molar-refractivity contribution in [3.8, 4) is 11.5 Å². The summed E-state index contributed by atoms with van der Waals surface area (Å²) < 4.78 is 11.6. The van der Waals surface area contributed by atoms with Crippen molar-refractivity contribution < 1.29 is 14.3 Å². The Morgan fingerprint density at radius 3 is 2.67 bits per heavy atom. The van der Waals surface area contributed by atoms with Crippen molar-refractivity contribution in [1.29, 1.82) is 0 Å². The van der Waals surface area contributed by atoms with E-state index in [4.69, 9.17) is 9.47 Å². The number of hydrogen-bond acceptors (Lipinski definition) is 8. The molecule has 3 rings (SSSR count). The lowest BCUT2D eigenvalue weighted by molar-refractivity contribution is 0.102. The van der Waals surface area contributed by atoms with Crippen LogP contribution in [0.5, 0.6) is 11.5 Å². The number of rotatable bonds is 8. The van der Waals surface area contributed by atoms with Gasteiger partial charge in [0.1, 0.15) is 17.0 Å². The lowest BCUT2D eigenvalue weighted by Crippen LogP contribution is -2.13. The highest BCUT2D eigenvalue weighted by molar-refractivity contribution is 7.13. The molecular weight excluding hydrogens is 384 g/mol. The first-order chi connectivity index (χ1) is 13.0. The van der Waals surface area contributed by atoms with Gasteiger partial charge < -0.3 is 9.47 Å². The molecule has 0 aliphatic heterocycles. The van der Waals surface area contributed by atoms with Gasteiger partial charge in [-0.05, 0) is 32.9 Å². The largest absolute Gasteiger partial charge is 0.493 e. The van der Waals surface area contributed by atoms with Crippen molar-refractivity contribution in [3.63, 3.8) is 0 Å². The number of aromatic nitrogens is 3. The van der Waals surface area contributed by atoms with Gasteiger partial charge in [0, 0.05) is 22.9 Å². The molecule has 1 amide bonds. The molecule has 0 aliphatic carbocycles. The minimum atomic E-state index is -0.288. The summed E-state index contributed by atoms with van der Waals surface area (Å²) in [5.41, 5.74) is 4.85. The number of nitrogens with zero attached hydrogens (tertiary/aromatic N) is 3. The van der Waals surface area contributed by atoms with E-state index in [9.17, 15) is 4.79 Å². The van der Waals surface area contributed by atoms with E-state index in [1.807, 2.05) is 26.3 Å². The maximum atomic E-state index is 12.5. The van der Waals surface area contributed by atoms with Gasteiger partial charge in [0.25, 0.3) is 5.91 Å². The van der Waals surface area contributed by atoms with E-state index in [-0.39, 0.29) is 12.0 Å². The monoisotopic (exact) mass is 404 g/mol. The number of carbonyl (C=O) groups is 1. The molecule has 7 nitrogen and oxygen atoms in total. The SMILES string of the molecule is Cc1ncsc1CCOc1cc(OC(C)C)cc(C(=O)Nc2nncs2)c1. The Bertz CT molecular complexity index is 894. The molecule has 0 spiro atoms. The molecule has 0 fully saturated rings. The number of thiazole rings is 1. The van der Waals surface area contributed by atoms with Crippen LogP contribution in [0.3, 0.4) is 0 Å². The van der Waals surface area contributed by atoms with E-state index >= 15 is 0 Å². The summed E-state index contributed by atoms with van der Waals surface area (Å²) in [4.78, 5) is 18.0. The third-order valence-corrected chi connectivity index (χ3v) is 5.14. The maximum absolute atomic E-state index is 12.5. The minimum Gasteiger partial charge on any atom is -0.493 e. The Balaban J connectivity index is 1.73. The number of nitrogens with one attached hydrogen (secondary N) is 1. The Morgan fingerprint density at radius 1 is 1.19 bits per heavy atom. The molecule has 27 heavy (non-hydrogen) atoms. The molecule has 1 N–H and O–H groups in total. The number of aryl methyl sites for hydroxylation is 1. The van der Waals surface area contributed by atoms with Crippen LogP contribution in [0.2, 0.25) is 0 Å². The zero-order valence-corrected chi connectivity index (χ0v) is 16.9. The number of carbonyl (C=O) groups excluding carboxylic acids is 1. The first-order valence-corrected chi connectivity index (χ1v) is 10.2. The number of hydrogen-bond donors (Lipinski definition) is 1. The summed E-state index contributed by atoms with van der Waals surface area (Å²) >= 11 is 2.87. The summed E-state index contributed by atoms with van der Waals surface area (Å²) in [5.74, 6) is 0.876. The Morgan fingerprint density at radius 2 is 2.00 bits per heavy atom. The fourth-order valence-electron chi connectivity index (χ4n) is 2.35. The normalized spacial score (nSPS) is 10.8. The predicted molar refractivity (Wildman–Crippen MR) is 106 cm³/mol. The van der Waals surface area contributed by atoms with Crippen LogP contribution in [0.4, 0.5) is 5.13 Å². The Labute approximate surface area is 165 Å². The van der Waals surface area contributed by atoms with Crippen LogP contribution in [-0.2, 0) is 6.42 Å². The van der Waals surface area contributed by atoms with E-state index in [1.54, 1.807) is 35.0 Å². The summed E-state index contributed by atoms with van der Waals surface area (Å²) in [5, 5.41) is 10.7. The van der Waals surface area contributed by atoms with Crippen molar-refractivity contribution >= 4 is 33.7 Å². The average Bonchev–Trinajstić information content (AvgIpc) is 3.26. The van der Waals surface area contributed by atoms with Gasteiger partial charge in [-0.25, -0.2) is 4.98 Å². The second-order valence-electron chi connectivity index (χ2n) is 6.02. The Hall–Kier alpha value is -2.52. The number of benzene rings is 1. The molecular formula is C18H20N4O3S2. The van der Waals surface area contributed by atoms with Gasteiger partial charge in [0.05, 0.1) is 23.9 Å². The fourth-order valence-corrected chi connectivity index (χ4v) is 3.55. The van der Waals surface area contributed by atoms with E-state index in [1.165, 1.54) is 16.2 Å². The van der Waals surface area contributed by atoms with Gasteiger partial charge in [-0.3, -0.25) is 10.1 Å². The van der Waals surface area contributed by atoms with Crippen molar-refractivity contribution in [2.24, 2.45) is 0 Å². The minimum absolute atomic E-state index is 0.0147. The van der Waals surface area contributed by atoms with Crippen LogP contribution in [0.1, 0.15) is 34.8 Å². The summed E-state index contributed by atoms with van der Waals surface area (Å²) in [7, 11) is 0. The standard InChI is InChI=1S/C18H20N4O3S2/c1-11(2)25-15-7-13(17(23)21-18-22-20-10-27-18)6-14(8-15)24-5-4-16-12(3)19-9-26-16/h6-11H,4-5H2,1-3H3,(H,21,22,23). The third kappa shape index (κ3) is 5.48. The van der Waals surface area contributed by atoms with Crippen LogP contribution < -0.4 is 14.8 Å². The van der Waals surface area contributed by atoms with Gasteiger partial charge in [0.2, 0.25) is 5.13 Å². The van der Waals surface area contributed by atoms with Gasteiger partial charge in [-0.1, -0.05) is 11.3 Å². The molecule has 0 saturated heterocycles. The van der Waals surface area contributed by atoms with Crippen molar-refractivity contribution in [2.75, 3.05) is 11.9 Å². The molecule has 3 aromatic rings. The second-order valence-corrected chi connectivity index (χ2v) is 7.79. The van der Waals surface area contributed by atoms with Crippen LogP contribution in [-0.4, -0.2) is 33.8 Å². The highest BCUT2D eigenvalue weighted by Gasteiger charge is 2.13. The molecule has 142 valence electrons. The van der Waals surface area contributed by atoms with Gasteiger partial charge >= 0.3 is 0 Å². The quantitative estimate of drug-likeness (QED) is 0.611. The van der Waals surface area contributed by atoms with Gasteiger partial charge in [0.15, 0.2) is 0 Å². The summed E-state index contributed by atoms with van der Waals surface area (Å²) in [6.07, 6.45) is 0.747. The molecule has 0 saturated carbocycles. The Kier molecular flexibility index (Phi) is 6.36. The van der Waals surface area contributed by atoms with Crippen LogP contribution >= 0.6 is 22.7 Å². The first kappa shape index (κ1) is 19.2. The van der Waals surface area contributed by atoms with Gasteiger partial charge in [-0.2, -0.15) is 0 Å². The van der Waals surface area contributed by atoms with E-state index in [2.05, 4.69) is 20.5 Å². The topological polar surface area (TPSA) is 86.2 Å². The summed E-state index contributed by atoms with van der Waals surface area (Å²) in [6, 6.07) is 5.18. The molecule has 2 aromatic heterocycles. The van der Waals surface area contributed by atoms with Crippen LogP contribution in [0.15, 0.2) is 29.2 Å². The maximum Gasteiger partial charge on any atom is 0.257 e. The predicted octanol–water partition coefficient (Wildman–Crippen LogP) is 3.96. The van der Waals surface area contributed by atoms with E-state index in [0.717, 1.165) is 12.1 Å². The molecule has 0 unspecified atom stereocenters. The zero-order chi connectivity index (χ0) is 19.2. The molecule has 1 aromatic carbocycles. The fraction of sp³-hybridized carbons (Fsp3) is 0.333. The highest BCUT2D eigenvalue weighted by atomic mass is 32.1. The number of amides is 1. The van der Waals surface area contributed by atoms with Crippen molar-refractivity contribution in [3.05, 3.63) is 45.4 Å². The zero-order valence-electron chi connectivity index (χ0n) is 15.3. The highest BCUT2D eigenvalue weighted by Crippen LogP contribution is 2.25. The lowest BCUT2D eigenvalue weighted by Gasteiger charge is -2.14. The van der Waals surface area contributed by atoms with E-state index in [0.29, 0.717) is 28.8 Å². The summed E-state index contributed by atoms with van der Waals surface area (Å²) in [6.45, 7) is 6.34. The second kappa shape index (κ2) is 8.92. The molecule has 2 heterocycles. The van der Waals surface area contributed by atoms with Crippen LogP contribution in [0, 0.1) is 6.92 Å². The van der Waals surface area contributed by atoms with Gasteiger partial charge in [-0.15, -0.1) is 21.5 Å². The van der Waals surface area contributed by atoms with Crippen LogP contribution in [0.25, 0.3) is 0 Å². The average molecular weight is 405 g/mol. The third-order valence-electron chi connectivity index (χ3n) is 3.54. The van der Waals surface area contributed by atoms with Crippen molar-refractivity contribution in [2.45, 2.75) is 33.3 Å². The number of ether oxygens (including phenoxy) is 2.